The highest BCUT2D eigenvalue weighted by atomic mass is 15.0. The highest BCUT2D eigenvalue weighted by molar-refractivity contribution is 5.62. The average molecular weight is 269 g/mol. The van der Waals surface area contributed by atoms with Crippen molar-refractivity contribution < 1.29 is 0 Å². The Bertz CT molecular complexity index is 497. The van der Waals surface area contributed by atoms with E-state index in [0.717, 1.165) is 55.1 Å². The molecule has 3 nitrogen and oxygen atoms in total. The third kappa shape index (κ3) is 4.05. The van der Waals surface area contributed by atoms with Crippen molar-refractivity contribution in [3.05, 3.63) is 42.2 Å². The van der Waals surface area contributed by atoms with E-state index in [-0.39, 0.29) is 0 Å². The van der Waals surface area contributed by atoms with E-state index in [1.807, 2.05) is 24.3 Å². The van der Waals surface area contributed by atoms with Gasteiger partial charge in [-0.05, 0) is 12.8 Å². The highest BCUT2D eigenvalue weighted by Gasteiger charge is 2.06. The molecule has 1 heterocycles. The fraction of sp³-hybridized carbons (Fsp3) is 0.412. The van der Waals surface area contributed by atoms with Gasteiger partial charge >= 0.3 is 0 Å². The van der Waals surface area contributed by atoms with Gasteiger partial charge in [-0.25, -0.2) is 9.97 Å². The summed E-state index contributed by atoms with van der Waals surface area (Å²) in [7, 11) is 0. The molecule has 3 heteroatoms. The summed E-state index contributed by atoms with van der Waals surface area (Å²) in [5, 5.41) is 3.37. The first-order chi connectivity index (χ1) is 9.83. The van der Waals surface area contributed by atoms with Crippen molar-refractivity contribution >= 4 is 5.82 Å². The van der Waals surface area contributed by atoms with Crippen molar-refractivity contribution in [2.75, 3.05) is 11.9 Å². The maximum absolute atomic E-state index is 4.70. The first-order valence-corrected chi connectivity index (χ1v) is 7.50. The number of benzene rings is 1. The number of nitrogens with one attached hydrogen (secondary N) is 1. The predicted molar refractivity (Wildman–Crippen MR) is 84.9 cm³/mol. The van der Waals surface area contributed by atoms with Crippen molar-refractivity contribution in [1.82, 2.24) is 9.97 Å². The van der Waals surface area contributed by atoms with Gasteiger partial charge in [0.05, 0.1) is 5.69 Å². The maximum atomic E-state index is 4.70. The summed E-state index contributed by atoms with van der Waals surface area (Å²) in [5.74, 6) is 1.87. The average Bonchev–Trinajstić information content (AvgIpc) is 2.51. The lowest BCUT2D eigenvalue weighted by Crippen LogP contribution is -2.06. The van der Waals surface area contributed by atoms with Crippen molar-refractivity contribution in [2.24, 2.45) is 0 Å². The molecular formula is C17H23N3. The fourth-order valence-corrected chi connectivity index (χ4v) is 2.04. The van der Waals surface area contributed by atoms with E-state index < -0.39 is 0 Å². The second-order valence-electron chi connectivity index (χ2n) is 4.95. The standard InChI is InChI=1S/C17H23N3/c1-3-5-11-16-19-15(14-9-7-6-8-10-14)13-17(20-16)18-12-4-2/h6-10,13H,3-5,11-12H2,1-2H3,(H,18,19,20). The molecule has 106 valence electrons. The molecule has 0 saturated heterocycles. The van der Waals surface area contributed by atoms with Crippen LogP contribution in [0.25, 0.3) is 11.3 Å². The number of rotatable bonds is 7. The summed E-state index contributed by atoms with van der Waals surface area (Å²) in [4.78, 5) is 9.31. The van der Waals surface area contributed by atoms with Crippen LogP contribution in [0.15, 0.2) is 36.4 Å². The molecule has 0 atom stereocenters. The van der Waals surface area contributed by atoms with Gasteiger partial charge in [0.15, 0.2) is 0 Å². The quantitative estimate of drug-likeness (QED) is 0.814. The van der Waals surface area contributed by atoms with Crippen LogP contribution in [0.4, 0.5) is 5.82 Å². The minimum Gasteiger partial charge on any atom is -0.370 e. The Hall–Kier alpha value is -1.90. The monoisotopic (exact) mass is 269 g/mol. The van der Waals surface area contributed by atoms with Gasteiger partial charge in [0.2, 0.25) is 0 Å². The van der Waals surface area contributed by atoms with Crippen LogP contribution in [-0.2, 0) is 6.42 Å². The summed E-state index contributed by atoms with van der Waals surface area (Å²) in [6.45, 7) is 5.29. The van der Waals surface area contributed by atoms with Crippen LogP contribution in [0.2, 0.25) is 0 Å². The molecule has 0 bridgehead atoms. The smallest absolute Gasteiger partial charge is 0.131 e. The lowest BCUT2D eigenvalue weighted by molar-refractivity contribution is 0.753. The van der Waals surface area contributed by atoms with Crippen LogP contribution in [0.3, 0.4) is 0 Å². The van der Waals surface area contributed by atoms with Crippen molar-refractivity contribution in [3.63, 3.8) is 0 Å². The first-order valence-electron chi connectivity index (χ1n) is 7.50. The van der Waals surface area contributed by atoms with E-state index in [9.17, 15) is 0 Å². The van der Waals surface area contributed by atoms with Crippen LogP contribution in [0, 0.1) is 0 Å². The molecule has 0 amide bonds. The lowest BCUT2D eigenvalue weighted by atomic mass is 10.1. The number of hydrogen-bond acceptors (Lipinski definition) is 3. The number of aryl methyl sites for hydroxylation is 1. The van der Waals surface area contributed by atoms with E-state index in [0.29, 0.717) is 0 Å². The zero-order valence-corrected chi connectivity index (χ0v) is 12.4. The van der Waals surface area contributed by atoms with Crippen LogP contribution >= 0.6 is 0 Å². The molecule has 1 aromatic heterocycles. The molecular weight excluding hydrogens is 246 g/mol. The Morgan fingerprint density at radius 2 is 1.80 bits per heavy atom. The molecule has 0 aliphatic heterocycles. The van der Waals surface area contributed by atoms with Crippen molar-refractivity contribution in [1.29, 1.82) is 0 Å². The van der Waals surface area contributed by atoms with E-state index in [2.05, 4.69) is 36.3 Å². The largest absolute Gasteiger partial charge is 0.370 e. The van der Waals surface area contributed by atoms with Gasteiger partial charge < -0.3 is 5.32 Å². The SMILES string of the molecule is CCCCc1nc(NCCC)cc(-c2ccccc2)n1. The van der Waals surface area contributed by atoms with Gasteiger partial charge in [0.25, 0.3) is 0 Å². The summed E-state index contributed by atoms with van der Waals surface area (Å²) in [6.07, 6.45) is 4.33. The minimum atomic E-state index is 0.937. The van der Waals surface area contributed by atoms with E-state index in [4.69, 9.17) is 4.98 Å². The topological polar surface area (TPSA) is 37.8 Å². The molecule has 0 aliphatic rings. The van der Waals surface area contributed by atoms with Gasteiger partial charge in [-0.15, -0.1) is 0 Å². The third-order valence-electron chi connectivity index (χ3n) is 3.15. The zero-order valence-electron chi connectivity index (χ0n) is 12.4. The fourth-order valence-electron chi connectivity index (χ4n) is 2.04. The summed E-state index contributed by atoms with van der Waals surface area (Å²) < 4.78 is 0. The number of unbranched alkanes of at least 4 members (excludes halogenated alkanes) is 1. The highest BCUT2D eigenvalue weighted by Crippen LogP contribution is 2.20. The van der Waals surface area contributed by atoms with Crippen LogP contribution in [0.5, 0.6) is 0 Å². The Morgan fingerprint density at radius 1 is 1.00 bits per heavy atom. The van der Waals surface area contributed by atoms with Gasteiger partial charge in [-0.1, -0.05) is 50.6 Å². The zero-order chi connectivity index (χ0) is 14.2. The summed E-state index contributed by atoms with van der Waals surface area (Å²) >= 11 is 0. The molecule has 1 N–H and O–H groups in total. The molecule has 2 aromatic rings. The molecule has 0 unspecified atom stereocenters. The Labute approximate surface area is 121 Å². The lowest BCUT2D eigenvalue weighted by Gasteiger charge is -2.09. The van der Waals surface area contributed by atoms with Gasteiger partial charge in [-0.2, -0.15) is 0 Å². The molecule has 0 saturated carbocycles. The molecule has 2 rings (SSSR count). The van der Waals surface area contributed by atoms with Crippen LogP contribution in [-0.4, -0.2) is 16.5 Å². The van der Waals surface area contributed by atoms with E-state index in [1.54, 1.807) is 0 Å². The van der Waals surface area contributed by atoms with Gasteiger partial charge in [-0.3, -0.25) is 0 Å². The van der Waals surface area contributed by atoms with E-state index in [1.165, 1.54) is 0 Å². The van der Waals surface area contributed by atoms with Crippen molar-refractivity contribution in [2.45, 2.75) is 39.5 Å². The first kappa shape index (κ1) is 14.5. The molecule has 0 radical (unpaired) electrons. The Kier molecular flexibility index (Phi) is 5.54. The Morgan fingerprint density at radius 3 is 2.50 bits per heavy atom. The van der Waals surface area contributed by atoms with Crippen molar-refractivity contribution in [3.8, 4) is 11.3 Å². The second kappa shape index (κ2) is 7.63. The summed E-state index contributed by atoms with van der Waals surface area (Å²) in [5.41, 5.74) is 2.15. The minimum absolute atomic E-state index is 0.937. The molecule has 0 fully saturated rings. The normalized spacial score (nSPS) is 10.5. The maximum Gasteiger partial charge on any atom is 0.131 e. The number of aromatic nitrogens is 2. The van der Waals surface area contributed by atoms with Crippen LogP contribution in [0.1, 0.15) is 38.9 Å². The third-order valence-corrected chi connectivity index (χ3v) is 3.15. The molecule has 20 heavy (non-hydrogen) atoms. The number of nitrogens with zero attached hydrogens (tertiary/aromatic N) is 2. The summed E-state index contributed by atoms with van der Waals surface area (Å²) in [6, 6.07) is 12.3. The van der Waals surface area contributed by atoms with E-state index >= 15 is 0 Å². The molecule has 0 aliphatic carbocycles. The molecule has 0 spiro atoms. The molecule has 1 aromatic carbocycles. The second-order valence-corrected chi connectivity index (χ2v) is 4.95. The van der Waals surface area contributed by atoms with Gasteiger partial charge in [0, 0.05) is 24.6 Å². The van der Waals surface area contributed by atoms with Gasteiger partial charge in [0.1, 0.15) is 11.6 Å². The number of anilines is 1. The number of hydrogen-bond donors (Lipinski definition) is 1. The predicted octanol–water partition coefficient (Wildman–Crippen LogP) is 4.31. The van der Waals surface area contributed by atoms with Crippen LogP contribution < -0.4 is 5.32 Å². The Balaban J connectivity index is 2.29.